The Morgan fingerprint density at radius 2 is 2.24 bits per heavy atom. The maximum atomic E-state index is 11.9. The van der Waals surface area contributed by atoms with E-state index in [2.05, 4.69) is 15.0 Å². The van der Waals surface area contributed by atoms with Crippen molar-refractivity contribution in [3.05, 3.63) is 34.2 Å². The van der Waals surface area contributed by atoms with Gasteiger partial charge in [-0.2, -0.15) is 0 Å². The van der Waals surface area contributed by atoms with Gasteiger partial charge in [0.25, 0.3) is 0 Å². The first-order chi connectivity index (χ1) is 8.19. The zero-order valence-electron chi connectivity index (χ0n) is 9.51. The molecule has 0 saturated heterocycles. The normalized spacial score (nSPS) is 10.2. The molecule has 0 aliphatic rings. The topological polar surface area (TPSA) is 65.0 Å². The lowest BCUT2D eigenvalue weighted by molar-refractivity contribution is 0.0995. The van der Waals surface area contributed by atoms with Crippen molar-refractivity contribution in [2.75, 3.05) is 7.11 Å². The predicted molar refractivity (Wildman–Crippen MR) is 63.5 cm³/mol. The number of Topliss-reactive ketones (excluding diaryl/α,β-unsaturated/α-hetero) is 1. The van der Waals surface area contributed by atoms with Crippen LogP contribution in [-0.4, -0.2) is 27.8 Å². The molecule has 2 heterocycles. The molecule has 0 amide bonds. The largest absolute Gasteiger partial charge is 0.481 e. The summed E-state index contributed by atoms with van der Waals surface area (Å²) in [5.41, 5.74) is 0.646. The Kier molecular flexibility index (Phi) is 3.43. The molecule has 0 fully saturated rings. The average molecular weight is 249 g/mol. The number of ether oxygens (including phenoxy) is 1. The number of carbonyl (C=O) groups is 1. The molecule has 0 aliphatic heterocycles. The van der Waals surface area contributed by atoms with Gasteiger partial charge in [-0.15, -0.1) is 11.3 Å². The van der Waals surface area contributed by atoms with E-state index in [4.69, 9.17) is 4.74 Å². The molecule has 2 aromatic heterocycles. The number of rotatable bonds is 4. The minimum Gasteiger partial charge on any atom is -0.481 e. The van der Waals surface area contributed by atoms with Crippen molar-refractivity contribution in [1.29, 1.82) is 0 Å². The maximum absolute atomic E-state index is 11.9. The number of carbonyl (C=O) groups excluding carboxylic acids is 1. The molecule has 0 saturated carbocycles. The molecule has 0 unspecified atom stereocenters. The van der Waals surface area contributed by atoms with E-state index in [1.165, 1.54) is 24.8 Å². The molecule has 0 spiro atoms. The van der Waals surface area contributed by atoms with E-state index >= 15 is 0 Å². The van der Waals surface area contributed by atoms with Gasteiger partial charge in [-0.25, -0.2) is 15.0 Å². The van der Waals surface area contributed by atoms with Crippen LogP contribution >= 0.6 is 11.3 Å². The minimum absolute atomic E-state index is 0.0105. The van der Waals surface area contributed by atoms with Crippen molar-refractivity contribution in [2.45, 2.75) is 13.3 Å². The van der Waals surface area contributed by atoms with E-state index in [1.54, 1.807) is 12.3 Å². The Morgan fingerprint density at radius 1 is 1.41 bits per heavy atom. The highest BCUT2D eigenvalue weighted by atomic mass is 32.1. The second-order valence-electron chi connectivity index (χ2n) is 3.40. The van der Waals surface area contributed by atoms with Crippen LogP contribution < -0.4 is 4.74 Å². The Hall–Kier alpha value is -1.82. The molecule has 0 bridgehead atoms. The van der Waals surface area contributed by atoms with E-state index in [0.29, 0.717) is 16.5 Å². The highest BCUT2D eigenvalue weighted by Crippen LogP contribution is 2.15. The monoisotopic (exact) mass is 249 g/mol. The van der Waals surface area contributed by atoms with Crippen LogP contribution in [0.25, 0.3) is 0 Å². The molecule has 0 radical (unpaired) electrons. The maximum Gasteiger partial charge on any atom is 0.216 e. The van der Waals surface area contributed by atoms with E-state index < -0.39 is 0 Å². The number of thiazole rings is 1. The molecular weight excluding hydrogens is 238 g/mol. The SMILES string of the molecule is COc1cc(CC(=O)c2cnc(C)s2)ncn1. The number of nitrogens with zero attached hydrogens (tertiary/aromatic N) is 3. The zero-order chi connectivity index (χ0) is 12.3. The number of ketones is 1. The van der Waals surface area contributed by atoms with Gasteiger partial charge in [-0.05, 0) is 6.92 Å². The van der Waals surface area contributed by atoms with Crippen LogP contribution in [0.4, 0.5) is 0 Å². The van der Waals surface area contributed by atoms with Gasteiger partial charge in [0, 0.05) is 12.3 Å². The van der Waals surface area contributed by atoms with Gasteiger partial charge in [-0.1, -0.05) is 0 Å². The molecule has 88 valence electrons. The third-order valence-electron chi connectivity index (χ3n) is 2.15. The molecule has 0 atom stereocenters. The lowest BCUT2D eigenvalue weighted by Crippen LogP contribution is -2.04. The first kappa shape index (κ1) is 11.7. The average Bonchev–Trinajstić information content (AvgIpc) is 2.76. The van der Waals surface area contributed by atoms with Crippen LogP contribution in [0.1, 0.15) is 20.4 Å². The summed E-state index contributed by atoms with van der Waals surface area (Å²) in [4.78, 5) is 24.5. The Bertz CT molecular complexity index is 539. The van der Waals surface area contributed by atoms with E-state index in [0.717, 1.165) is 5.01 Å². The molecule has 17 heavy (non-hydrogen) atoms. The number of aryl methyl sites for hydroxylation is 1. The van der Waals surface area contributed by atoms with E-state index in [-0.39, 0.29) is 12.2 Å². The summed E-state index contributed by atoms with van der Waals surface area (Å²) in [6, 6.07) is 1.66. The second kappa shape index (κ2) is 5.01. The molecule has 0 aromatic carbocycles. The molecule has 2 rings (SSSR count). The summed E-state index contributed by atoms with van der Waals surface area (Å²) in [7, 11) is 1.53. The highest BCUT2D eigenvalue weighted by molar-refractivity contribution is 7.13. The second-order valence-corrected chi connectivity index (χ2v) is 4.63. The van der Waals surface area contributed by atoms with Gasteiger partial charge in [0.2, 0.25) is 5.88 Å². The van der Waals surface area contributed by atoms with E-state index in [9.17, 15) is 4.79 Å². The van der Waals surface area contributed by atoms with Crippen LogP contribution in [0.15, 0.2) is 18.6 Å². The number of hydrogen-bond donors (Lipinski definition) is 0. The first-order valence-corrected chi connectivity index (χ1v) is 5.81. The van der Waals surface area contributed by atoms with Crippen LogP contribution in [-0.2, 0) is 6.42 Å². The lowest BCUT2D eigenvalue weighted by Gasteiger charge is -2.00. The third-order valence-corrected chi connectivity index (χ3v) is 3.10. The van der Waals surface area contributed by atoms with Crippen molar-refractivity contribution >= 4 is 17.1 Å². The highest BCUT2D eigenvalue weighted by Gasteiger charge is 2.11. The Morgan fingerprint density at radius 3 is 2.88 bits per heavy atom. The summed E-state index contributed by atoms with van der Waals surface area (Å²) < 4.78 is 4.97. The standard InChI is InChI=1S/C11H11N3O2S/c1-7-12-5-10(17-7)9(15)3-8-4-11(16-2)14-6-13-8/h4-6H,3H2,1-2H3. The van der Waals surface area contributed by atoms with Gasteiger partial charge < -0.3 is 4.74 Å². The smallest absolute Gasteiger partial charge is 0.216 e. The van der Waals surface area contributed by atoms with Gasteiger partial charge in [0.05, 0.1) is 29.1 Å². The van der Waals surface area contributed by atoms with Gasteiger partial charge in [0.15, 0.2) is 5.78 Å². The van der Waals surface area contributed by atoms with Crippen molar-refractivity contribution in [2.24, 2.45) is 0 Å². The number of methoxy groups -OCH3 is 1. The number of hydrogen-bond acceptors (Lipinski definition) is 6. The zero-order valence-corrected chi connectivity index (χ0v) is 10.3. The summed E-state index contributed by atoms with van der Waals surface area (Å²) in [6.07, 6.45) is 3.22. The molecular formula is C11H11N3O2S. The lowest BCUT2D eigenvalue weighted by atomic mass is 10.2. The van der Waals surface area contributed by atoms with Crippen LogP contribution in [0, 0.1) is 6.92 Å². The minimum atomic E-state index is 0.0105. The summed E-state index contributed by atoms with van der Waals surface area (Å²) >= 11 is 1.39. The van der Waals surface area contributed by atoms with Crippen molar-refractivity contribution < 1.29 is 9.53 Å². The molecule has 5 nitrogen and oxygen atoms in total. The van der Waals surface area contributed by atoms with Crippen LogP contribution in [0.3, 0.4) is 0 Å². The molecule has 2 aromatic rings. The van der Waals surface area contributed by atoms with E-state index in [1.807, 2.05) is 6.92 Å². The summed E-state index contributed by atoms with van der Waals surface area (Å²) in [6.45, 7) is 1.87. The third kappa shape index (κ3) is 2.85. The molecule has 0 aliphatic carbocycles. The Balaban J connectivity index is 2.12. The number of aromatic nitrogens is 3. The molecule has 0 N–H and O–H groups in total. The fourth-order valence-electron chi connectivity index (χ4n) is 1.33. The quantitative estimate of drug-likeness (QED) is 0.771. The first-order valence-electron chi connectivity index (χ1n) is 4.99. The Labute approximate surface area is 103 Å². The van der Waals surface area contributed by atoms with Crippen molar-refractivity contribution in [3.8, 4) is 5.88 Å². The predicted octanol–water partition coefficient (Wildman–Crippen LogP) is 1.68. The van der Waals surface area contributed by atoms with Crippen molar-refractivity contribution in [1.82, 2.24) is 15.0 Å². The summed E-state index contributed by atoms with van der Waals surface area (Å²) in [5, 5.41) is 0.883. The van der Waals surface area contributed by atoms with Gasteiger partial charge in [-0.3, -0.25) is 4.79 Å². The summed E-state index contributed by atoms with van der Waals surface area (Å²) in [5.74, 6) is 0.472. The van der Waals surface area contributed by atoms with Crippen LogP contribution in [0.5, 0.6) is 5.88 Å². The van der Waals surface area contributed by atoms with Crippen LogP contribution in [0.2, 0.25) is 0 Å². The van der Waals surface area contributed by atoms with Gasteiger partial charge in [0.1, 0.15) is 6.33 Å². The van der Waals surface area contributed by atoms with Gasteiger partial charge >= 0.3 is 0 Å². The molecule has 6 heteroatoms. The fourth-order valence-corrected chi connectivity index (χ4v) is 2.04. The van der Waals surface area contributed by atoms with Crippen molar-refractivity contribution in [3.63, 3.8) is 0 Å². The fraction of sp³-hybridized carbons (Fsp3) is 0.273.